The Morgan fingerprint density at radius 3 is 2.48 bits per heavy atom. The molecule has 0 spiro atoms. The quantitative estimate of drug-likeness (QED) is 0.425. The molecule has 23 heavy (non-hydrogen) atoms. The van der Waals surface area contributed by atoms with Gasteiger partial charge in [-0.05, 0) is 24.1 Å². The number of benzene rings is 1. The van der Waals surface area contributed by atoms with Crippen molar-refractivity contribution in [3.8, 4) is 0 Å². The van der Waals surface area contributed by atoms with Crippen LogP contribution in [0, 0.1) is 11.6 Å². The monoisotopic (exact) mass is 436 g/mol. The van der Waals surface area contributed by atoms with Crippen molar-refractivity contribution in [2.24, 2.45) is 12.0 Å². The maximum absolute atomic E-state index is 13.1. The van der Waals surface area contributed by atoms with Gasteiger partial charge in [0.05, 0.1) is 6.54 Å². The molecule has 0 aliphatic rings. The highest BCUT2D eigenvalue weighted by Crippen LogP contribution is 2.08. The van der Waals surface area contributed by atoms with E-state index >= 15 is 0 Å². The van der Waals surface area contributed by atoms with Crippen molar-refractivity contribution >= 4 is 29.9 Å². The van der Waals surface area contributed by atoms with Crippen LogP contribution in [0.5, 0.6) is 0 Å². The number of aromatic nitrogens is 3. The third kappa shape index (κ3) is 6.08. The maximum atomic E-state index is 13.1. The van der Waals surface area contributed by atoms with E-state index in [0.717, 1.165) is 11.9 Å². The standard InChI is InChI=1S/C14H18F2N6.HI/c1-17-14(19-8-13-20-9-21-22(13)2)18-4-3-10-5-11(15)7-12(16)6-10;/h5-7,9H,3-4,8H2,1-2H3,(H2,17,18,19);1H. The smallest absolute Gasteiger partial charge is 0.191 e. The summed E-state index contributed by atoms with van der Waals surface area (Å²) in [6.45, 7) is 0.978. The number of aliphatic imine (C=N–C) groups is 1. The first-order chi connectivity index (χ1) is 10.6. The number of hydrogen-bond donors (Lipinski definition) is 2. The highest BCUT2D eigenvalue weighted by molar-refractivity contribution is 14.0. The molecule has 0 amide bonds. The van der Waals surface area contributed by atoms with Gasteiger partial charge >= 0.3 is 0 Å². The molecule has 0 atom stereocenters. The first kappa shape index (κ1) is 19.3. The Kier molecular flexibility index (Phi) is 7.86. The minimum atomic E-state index is -0.570. The summed E-state index contributed by atoms with van der Waals surface area (Å²) in [5, 5.41) is 10.1. The van der Waals surface area contributed by atoms with Gasteiger partial charge in [-0.3, -0.25) is 9.67 Å². The lowest BCUT2D eigenvalue weighted by atomic mass is 10.1. The molecule has 0 fully saturated rings. The molecular weight excluding hydrogens is 417 g/mol. The highest BCUT2D eigenvalue weighted by Gasteiger charge is 2.04. The number of aryl methyl sites for hydroxylation is 1. The number of guanidine groups is 1. The van der Waals surface area contributed by atoms with E-state index in [2.05, 4.69) is 25.7 Å². The molecule has 0 radical (unpaired) electrons. The fourth-order valence-electron chi connectivity index (χ4n) is 1.94. The summed E-state index contributed by atoms with van der Waals surface area (Å²) in [5.74, 6) is 0.217. The number of nitrogens with one attached hydrogen (secondary N) is 2. The van der Waals surface area contributed by atoms with Crippen molar-refractivity contribution in [2.75, 3.05) is 13.6 Å². The Morgan fingerprint density at radius 1 is 1.22 bits per heavy atom. The molecular formula is C14H19F2IN6. The van der Waals surface area contributed by atoms with Gasteiger partial charge in [0.1, 0.15) is 23.8 Å². The van der Waals surface area contributed by atoms with Crippen LogP contribution in [0.1, 0.15) is 11.4 Å². The van der Waals surface area contributed by atoms with Crippen LogP contribution in [0.2, 0.25) is 0 Å². The first-order valence-corrected chi connectivity index (χ1v) is 6.81. The molecule has 1 aromatic carbocycles. The Balaban J connectivity index is 0.00000264. The molecule has 0 saturated carbocycles. The average Bonchev–Trinajstić information content (AvgIpc) is 2.87. The molecule has 126 valence electrons. The summed E-state index contributed by atoms with van der Waals surface area (Å²) >= 11 is 0. The molecule has 1 aromatic heterocycles. The van der Waals surface area contributed by atoms with Gasteiger partial charge in [-0.2, -0.15) is 5.10 Å². The molecule has 0 saturated heterocycles. The zero-order valence-electron chi connectivity index (χ0n) is 12.9. The fourth-order valence-corrected chi connectivity index (χ4v) is 1.94. The minimum absolute atomic E-state index is 0. The average molecular weight is 436 g/mol. The van der Waals surface area contributed by atoms with Crippen LogP contribution < -0.4 is 10.6 Å². The predicted octanol–water partition coefficient (Wildman–Crippen LogP) is 1.62. The van der Waals surface area contributed by atoms with Crippen LogP contribution in [-0.4, -0.2) is 34.3 Å². The Labute approximate surface area is 150 Å². The first-order valence-electron chi connectivity index (χ1n) is 6.81. The van der Waals surface area contributed by atoms with Gasteiger partial charge in [0.25, 0.3) is 0 Å². The molecule has 0 aliphatic carbocycles. The largest absolute Gasteiger partial charge is 0.356 e. The summed E-state index contributed by atoms with van der Waals surface area (Å²) in [7, 11) is 3.45. The van der Waals surface area contributed by atoms with Gasteiger partial charge in [0.15, 0.2) is 5.96 Å². The topological polar surface area (TPSA) is 67.1 Å². The molecule has 9 heteroatoms. The molecule has 6 nitrogen and oxygen atoms in total. The number of hydrogen-bond acceptors (Lipinski definition) is 3. The zero-order chi connectivity index (χ0) is 15.9. The van der Waals surface area contributed by atoms with Gasteiger partial charge in [-0.1, -0.05) is 0 Å². The second kappa shape index (κ2) is 9.38. The lowest BCUT2D eigenvalue weighted by Crippen LogP contribution is -2.38. The summed E-state index contributed by atoms with van der Waals surface area (Å²) in [4.78, 5) is 8.16. The van der Waals surface area contributed by atoms with E-state index in [1.165, 1.54) is 18.5 Å². The van der Waals surface area contributed by atoms with Crippen LogP contribution in [0.15, 0.2) is 29.5 Å². The Hall–Kier alpha value is -1.78. The molecule has 1 heterocycles. The van der Waals surface area contributed by atoms with E-state index in [1.54, 1.807) is 18.8 Å². The minimum Gasteiger partial charge on any atom is -0.356 e. The third-order valence-corrected chi connectivity index (χ3v) is 3.07. The Morgan fingerprint density at radius 2 is 1.91 bits per heavy atom. The van der Waals surface area contributed by atoms with Crippen LogP contribution in [0.3, 0.4) is 0 Å². The highest BCUT2D eigenvalue weighted by atomic mass is 127. The van der Waals surface area contributed by atoms with Gasteiger partial charge in [-0.15, -0.1) is 24.0 Å². The fraction of sp³-hybridized carbons (Fsp3) is 0.357. The van der Waals surface area contributed by atoms with Gasteiger partial charge in [0, 0.05) is 26.7 Å². The molecule has 0 bridgehead atoms. The second-order valence-electron chi connectivity index (χ2n) is 4.68. The lowest BCUT2D eigenvalue weighted by molar-refractivity contribution is 0.579. The van der Waals surface area contributed by atoms with Crippen molar-refractivity contribution in [3.63, 3.8) is 0 Å². The van der Waals surface area contributed by atoms with Crippen LogP contribution in [0.4, 0.5) is 8.78 Å². The maximum Gasteiger partial charge on any atom is 0.191 e. The number of rotatable bonds is 5. The van der Waals surface area contributed by atoms with E-state index in [9.17, 15) is 8.78 Å². The summed E-state index contributed by atoms with van der Waals surface area (Å²) < 4.78 is 27.8. The molecule has 0 aliphatic heterocycles. The SMILES string of the molecule is CN=C(NCCc1cc(F)cc(F)c1)NCc1ncnn1C.I. The van der Waals surface area contributed by atoms with Gasteiger partial charge in [0.2, 0.25) is 0 Å². The van der Waals surface area contributed by atoms with E-state index in [-0.39, 0.29) is 24.0 Å². The Bertz CT molecular complexity index is 638. The van der Waals surface area contributed by atoms with Gasteiger partial charge < -0.3 is 10.6 Å². The molecule has 2 rings (SSSR count). The van der Waals surface area contributed by atoms with E-state index in [1.807, 2.05) is 0 Å². The molecule has 2 N–H and O–H groups in total. The summed E-state index contributed by atoms with van der Waals surface area (Å²) in [6, 6.07) is 3.50. The summed E-state index contributed by atoms with van der Waals surface area (Å²) in [6.07, 6.45) is 1.96. The molecule has 2 aromatic rings. The number of halogens is 3. The lowest BCUT2D eigenvalue weighted by Gasteiger charge is -2.11. The summed E-state index contributed by atoms with van der Waals surface area (Å²) in [5.41, 5.74) is 0.591. The van der Waals surface area contributed by atoms with Crippen LogP contribution in [-0.2, 0) is 20.0 Å². The molecule has 0 unspecified atom stereocenters. The van der Waals surface area contributed by atoms with Crippen molar-refractivity contribution in [2.45, 2.75) is 13.0 Å². The van der Waals surface area contributed by atoms with Crippen molar-refractivity contribution in [1.29, 1.82) is 0 Å². The predicted molar refractivity (Wildman–Crippen MR) is 94.7 cm³/mol. The van der Waals surface area contributed by atoms with E-state index in [0.29, 0.717) is 31.0 Å². The van der Waals surface area contributed by atoms with Crippen molar-refractivity contribution < 1.29 is 8.78 Å². The number of nitrogens with zero attached hydrogens (tertiary/aromatic N) is 4. The second-order valence-corrected chi connectivity index (χ2v) is 4.68. The van der Waals surface area contributed by atoms with E-state index in [4.69, 9.17) is 0 Å². The normalized spacial score (nSPS) is 11.0. The van der Waals surface area contributed by atoms with Crippen LogP contribution in [0.25, 0.3) is 0 Å². The van der Waals surface area contributed by atoms with E-state index < -0.39 is 11.6 Å². The zero-order valence-corrected chi connectivity index (χ0v) is 15.2. The van der Waals surface area contributed by atoms with Crippen molar-refractivity contribution in [3.05, 3.63) is 47.5 Å². The third-order valence-electron chi connectivity index (χ3n) is 3.07. The van der Waals surface area contributed by atoms with Gasteiger partial charge in [-0.25, -0.2) is 13.8 Å². The van der Waals surface area contributed by atoms with Crippen molar-refractivity contribution in [1.82, 2.24) is 25.4 Å². The van der Waals surface area contributed by atoms with Crippen LogP contribution >= 0.6 is 24.0 Å².